The Balaban J connectivity index is 1.64. The molecule has 0 atom stereocenters. The third-order valence-corrected chi connectivity index (χ3v) is 4.17. The van der Waals surface area contributed by atoms with Gasteiger partial charge in [-0.3, -0.25) is 0 Å². The first kappa shape index (κ1) is 13.9. The van der Waals surface area contributed by atoms with Crippen LogP contribution in [0.4, 0.5) is 11.5 Å². The van der Waals surface area contributed by atoms with E-state index in [1.807, 2.05) is 6.20 Å². The molecule has 0 radical (unpaired) electrons. The predicted octanol–water partition coefficient (Wildman–Crippen LogP) is 3.91. The van der Waals surface area contributed by atoms with Crippen molar-refractivity contribution in [2.45, 2.75) is 33.2 Å². The summed E-state index contributed by atoms with van der Waals surface area (Å²) in [6.07, 6.45) is 4.52. The molecule has 0 amide bonds. The summed E-state index contributed by atoms with van der Waals surface area (Å²) in [7, 11) is 0. The van der Waals surface area contributed by atoms with Crippen molar-refractivity contribution in [1.82, 2.24) is 4.98 Å². The number of nitrogens with one attached hydrogen (secondary N) is 1. The number of aryl methyl sites for hydroxylation is 2. The van der Waals surface area contributed by atoms with E-state index in [9.17, 15) is 0 Å². The van der Waals surface area contributed by atoms with E-state index in [1.165, 1.54) is 29.5 Å². The normalized spacial score (nSPS) is 14.5. The van der Waals surface area contributed by atoms with Gasteiger partial charge in [-0.15, -0.1) is 0 Å². The Morgan fingerprint density at radius 2 is 1.90 bits per heavy atom. The molecule has 1 aromatic heterocycles. The first-order valence-electron chi connectivity index (χ1n) is 7.73. The minimum absolute atomic E-state index is 0.845. The lowest BCUT2D eigenvalue weighted by molar-refractivity contribution is 0.937. The molecule has 0 bridgehead atoms. The molecule has 0 unspecified atom stereocenters. The third kappa shape index (κ3) is 3.35. The van der Waals surface area contributed by atoms with Gasteiger partial charge in [0.25, 0.3) is 0 Å². The number of anilines is 2. The average molecular weight is 281 g/mol. The first-order valence-corrected chi connectivity index (χ1v) is 7.73. The topological polar surface area (TPSA) is 28.2 Å². The van der Waals surface area contributed by atoms with Gasteiger partial charge in [0.1, 0.15) is 5.82 Å². The molecule has 1 fully saturated rings. The van der Waals surface area contributed by atoms with Crippen molar-refractivity contribution in [3.63, 3.8) is 0 Å². The SMILES string of the molecule is Cc1ccc(C)c(CNc2ccc(N3CCCC3)nc2)c1. The molecule has 1 aromatic carbocycles. The maximum absolute atomic E-state index is 4.58. The average Bonchev–Trinajstić information content (AvgIpc) is 3.03. The van der Waals surface area contributed by atoms with E-state index in [4.69, 9.17) is 0 Å². The van der Waals surface area contributed by atoms with Crippen LogP contribution in [0.25, 0.3) is 0 Å². The van der Waals surface area contributed by atoms with Crippen LogP contribution >= 0.6 is 0 Å². The van der Waals surface area contributed by atoms with Crippen molar-refractivity contribution in [2.75, 3.05) is 23.3 Å². The molecule has 1 N–H and O–H groups in total. The van der Waals surface area contributed by atoms with Gasteiger partial charge >= 0.3 is 0 Å². The van der Waals surface area contributed by atoms with Gasteiger partial charge in [-0.25, -0.2) is 4.98 Å². The molecule has 3 nitrogen and oxygen atoms in total. The fourth-order valence-corrected chi connectivity index (χ4v) is 2.81. The summed E-state index contributed by atoms with van der Waals surface area (Å²) in [5, 5.41) is 3.47. The summed E-state index contributed by atoms with van der Waals surface area (Å²) >= 11 is 0. The zero-order valence-corrected chi connectivity index (χ0v) is 12.9. The quantitative estimate of drug-likeness (QED) is 0.921. The summed E-state index contributed by atoms with van der Waals surface area (Å²) in [5.74, 6) is 1.10. The number of rotatable bonds is 4. The Kier molecular flexibility index (Phi) is 4.09. The van der Waals surface area contributed by atoms with E-state index in [0.717, 1.165) is 31.1 Å². The van der Waals surface area contributed by atoms with Crippen molar-refractivity contribution in [3.8, 4) is 0 Å². The minimum atomic E-state index is 0.845. The maximum atomic E-state index is 4.58. The number of hydrogen-bond acceptors (Lipinski definition) is 3. The highest BCUT2D eigenvalue weighted by Crippen LogP contribution is 2.20. The maximum Gasteiger partial charge on any atom is 0.128 e. The second-order valence-electron chi connectivity index (χ2n) is 5.88. The molecule has 1 saturated heterocycles. The van der Waals surface area contributed by atoms with Crippen LogP contribution in [0.2, 0.25) is 0 Å². The monoisotopic (exact) mass is 281 g/mol. The number of benzene rings is 1. The summed E-state index contributed by atoms with van der Waals surface area (Å²) in [4.78, 5) is 6.93. The first-order chi connectivity index (χ1) is 10.2. The number of aromatic nitrogens is 1. The smallest absolute Gasteiger partial charge is 0.128 e. The van der Waals surface area contributed by atoms with Gasteiger partial charge in [-0.1, -0.05) is 23.8 Å². The lowest BCUT2D eigenvalue weighted by Crippen LogP contribution is -2.18. The van der Waals surface area contributed by atoms with E-state index in [0.29, 0.717) is 0 Å². The number of hydrogen-bond donors (Lipinski definition) is 1. The number of pyridine rings is 1. The zero-order chi connectivity index (χ0) is 14.7. The van der Waals surface area contributed by atoms with Gasteiger partial charge < -0.3 is 10.2 Å². The lowest BCUT2D eigenvalue weighted by atomic mass is 10.1. The van der Waals surface area contributed by atoms with Crippen molar-refractivity contribution in [2.24, 2.45) is 0 Å². The summed E-state index contributed by atoms with van der Waals surface area (Å²) in [6, 6.07) is 10.8. The van der Waals surface area contributed by atoms with Gasteiger partial charge in [0, 0.05) is 19.6 Å². The van der Waals surface area contributed by atoms with Crippen molar-refractivity contribution in [1.29, 1.82) is 0 Å². The van der Waals surface area contributed by atoms with Crippen LogP contribution in [0, 0.1) is 13.8 Å². The zero-order valence-electron chi connectivity index (χ0n) is 12.9. The number of nitrogens with zero attached hydrogens (tertiary/aromatic N) is 2. The molecule has 2 aromatic rings. The lowest BCUT2D eigenvalue weighted by Gasteiger charge is -2.16. The largest absolute Gasteiger partial charge is 0.380 e. The minimum Gasteiger partial charge on any atom is -0.380 e. The fourth-order valence-electron chi connectivity index (χ4n) is 2.81. The van der Waals surface area contributed by atoms with E-state index >= 15 is 0 Å². The second-order valence-corrected chi connectivity index (χ2v) is 5.88. The van der Waals surface area contributed by atoms with E-state index in [2.05, 4.69) is 59.4 Å². The molecular weight excluding hydrogens is 258 g/mol. The van der Waals surface area contributed by atoms with E-state index in [-0.39, 0.29) is 0 Å². The molecule has 110 valence electrons. The Morgan fingerprint density at radius 1 is 1.10 bits per heavy atom. The standard InChI is InChI=1S/C18H23N3/c1-14-5-6-15(2)16(11-14)12-19-17-7-8-18(20-13-17)21-9-3-4-10-21/h5-8,11,13,19H,3-4,9-10,12H2,1-2H3. The second kappa shape index (κ2) is 6.17. The van der Waals surface area contributed by atoms with E-state index < -0.39 is 0 Å². The van der Waals surface area contributed by atoms with Crippen molar-refractivity contribution in [3.05, 3.63) is 53.2 Å². The van der Waals surface area contributed by atoms with Gasteiger partial charge in [0.2, 0.25) is 0 Å². The molecule has 0 spiro atoms. The van der Waals surface area contributed by atoms with Crippen LogP contribution in [-0.2, 0) is 6.54 Å². The molecule has 3 rings (SSSR count). The van der Waals surface area contributed by atoms with Gasteiger partial charge in [-0.05, 0) is 49.9 Å². The highest BCUT2D eigenvalue weighted by Gasteiger charge is 2.12. The van der Waals surface area contributed by atoms with E-state index in [1.54, 1.807) is 0 Å². The molecule has 21 heavy (non-hydrogen) atoms. The molecule has 2 heterocycles. The molecule has 1 aliphatic heterocycles. The van der Waals surface area contributed by atoms with Crippen LogP contribution in [0.15, 0.2) is 36.5 Å². The Morgan fingerprint density at radius 3 is 2.62 bits per heavy atom. The molecule has 1 aliphatic rings. The van der Waals surface area contributed by atoms with Gasteiger partial charge in [0.15, 0.2) is 0 Å². The predicted molar refractivity (Wildman–Crippen MR) is 88.9 cm³/mol. The van der Waals surface area contributed by atoms with Gasteiger partial charge in [-0.2, -0.15) is 0 Å². The molecule has 0 aliphatic carbocycles. The Labute approximate surface area is 127 Å². The highest BCUT2D eigenvalue weighted by atomic mass is 15.2. The van der Waals surface area contributed by atoms with Crippen LogP contribution in [0.3, 0.4) is 0 Å². The van der Waals surface area contributed by atoms with Crippen LogP contribution in [0.5, 0.6) is 0 Å². The van der Waals surface area contributed by atoms with Crippen molar-refractivity contribution >= 4 is 11.5 Å². The summed E-state index contributed by atoms with van der Waals surface area (Å²) in [6.45, 7) is 7.42. The van der Waals surface area contributed by atoms with Crippen molar-refractivity contribution < 1.29 is 0 Å². The summed E-state index contributed by atoms with van der Waals surface area (Å²) in [5.41, 5.74) is 5.06. The van der Waals surface area contributed by atoms with Gasteiger partial charge in [0.05, 0.1) is 11.9 Å². The van der Waals surface area contributed by atoms with Crippen LogP contribution in [-0.4, -0.2) is 18.1 Å². The molecule has 0 saturated carbocycles. The fraction of sp³-hybridized carbons (Fsp3) is 0.389. The summed E-state index contributed by atoms with van der Waals surface area (Å²) < 4.78 is 0. The third-order valence-electron chi connectivity index (χ3n) is 4.17. The Bertz CT molecular complexity index is 598. The Hall–Kier alpha value is -2.03. The molecule has 3 heteroatoms. The van der Waals surface area contributed by atoms with Crippen LogP contribution < -0.4 is 10.2 Å². The highest BCUT2D eigenvalue weighted by molar-refractivity contribution is 5.49. The molecular formula is C18H23N3. The van der Waals surface area contributed by atoms with Crippen LogP contribution in [0.1, 0.15) is 29.5 Å².